The van der Waals surface area contributed by atoms with Crippen molar-refractivity contribution in [2.24, 2.45) is 0 Å². The van der Waals surface area contributed by atoms with Crippen LogP contribution in [0.5, 0.6) is 0 Å². The number of unbranched alkanes of at least 4 members (excludes halogenated alkanes) is 55. The summed E-state index contributed by atoms with van der Waals surface area (Å²) in [6.45, 7) is 5.03. The van der Waals surface area contributed by atoms with E-state index in [1.807, 2.05) is 0 Å². The number of phosphoric acid groups is 2. The van der Waals surface area contributed by atoms with Crippen molar-refractivity contribution in [2.45, 2.75) is 451 Å². The number of aliphatic hydroxyl groups is 1. The molecule has 0 aliphatic rings. The highest BCUT2D eigenvalue weighted by Gasteiger charge is 2.30. The van der Waals surface area contributed by atoms with Crippen LogP contribution in [-0.2, 0) is 65.4 Å². The van der Waals surface area contributed by atoms with Gasteiger partial charge in [0.15, 0.2) is 12.2 Å². The van der Waals surface area contributed by atoms with Crippen molar-refractivity contribution >= 4 is 39.5 Å². The molecule has 0 saturated carbocycles. The summed E-state index contributed by atoms with van der Waals surface area (Å²) in [5.41, 5.74) is 0. The molecule has 5 atom stereocenters. The summed E-state index contributed by atoms with van der Waals surface area (Å²) in [6.07, 6.45) is 66.4. The smallest absolute Gasteiger partial charge is 0.462 e. The average molecular weight is 1450 g/mol. The summed E-state index contributed by atoms with van der Waals surface area (Å²) in [5, 5.41) is 10.6. The van der Waals surface area contributed by atoms with Gasteiger partial charge in [0.25, 0.3) is 0 Å². The number of hydrogen-bond donors (Lipinski definition) is 3. The van der Waals surface area contributed by atoms with Gasteiger partial charge in [0.2, 0.25) is 0 Å². The Bertz CT molecular complexity index is 1880. The van der Waals surface area contributed by atoms with Gasteiger partial charge in [0, 0.05) is 25.7 Å². The molecule has 0 amide bonds. The first-order valence-corrected chi connectivity index (χ1v) is 44.8. The summed E-state index contributed by atoms with van der Waals surface area (Å²) in [6, 6.07) is 0. The summed E-state index contributed by atoms with van der Waals surface area (Å²) >= 11 is 0. The molecule has 588 valence electrons. The van der Waals surface area contributed by atoms with E-state index in [4.69, 9.17) is 37.0 Å². The number of hydrogen-bond acceptors (Lipinski definition) is 15. The molecule has 19 heteroatoms. The molecule has 3 N–H and O–H groups in total. The Balaban J connectivity index is 5.24. The van der Waals surface area contributed by atoms with Crippen molar-refractivity contribution in [3.63, 3.8) is 0 Å². The summed E-state index contributed by atoms with van der Waals surface area (Å²) in [4.78, 5) is 73.0. The molecule has 0 aliphatic heterocycles. The van der Waals surface area contributed by atoms with Gasteiger partial charge in [-0.3, -0.25) is 37.3 Å². The predicted molar refractivity (Wildman–Crippen MR) is 405 cm³/mol. The zero-order valence-electron chi connectivity index (χ0n) is 64.5. The number of carbonyl (C=O) groups excluding carboxylic acids is 4. The standard InChI is InChI=1S/C80H156O17P2/c1-5-9-13-17-21-25-29-32-35-37-38-40-43-47-51-55-59-63-67-80(85)97-76(71-91-78(83)65-61-57-53-49-45-42-39-36-33-30-26-22-18-14-10-6-2)73-95-99(88,89)93-69-74(81)68-92-98(86,87)94-72-75(70-90-77(82)64-60-56-52-48-44-28-24-20-16-12-8-4)96-79(84)66-62-58-54-50-46-41-34-31-27-23-19-15-11-7-3/h74-76,81H,5-73H2,1-4H3,(H,86,87)(H,88,89)/t74-,75+,76+/m0/s1. The molecule has 0 fully saturated rings. The number of phosphoric ester groups is 2. The maximum Gasteiger partial charge on any atom is 0.472 e. The van der Waals surface area contributed by atoms with Crippen LogP contribution >= 0.6 is 15.6 Å². The lowest BCUT2D eigenvalue weighted by Gasteiger charge is -2.21. The molecule has 2 unspecified atom stereocenters. The van der Waals surface area contributed by atoms with Crippen molar-refractivity contribution in [3.05, 3.63) is 0 Å². The highest BCUT2D eigenvalue weighted by atomic mass is 31.2. The fourth-order valence-electron chi connectivity index (χ4n) is 12.5. The Morgan fingerprint density at radius 3 is 0.596 bits per heavy atom. The van der Waals surface area contributed by atoms with Gasteiger partial charge >= 0.3 is 39.5 Å². The lowest BCUT2D eigenvalue weighted by molar-refractivity contribution is -0.161. The molecule has 0 aromatic heterocycles. The van der Waals surface area contributed by atoms with E-state index in [-0.39, 0.29) is 25.7 Å². The predicted octanol–water partition coefficient (Wildman–Crippen LogP) is 24.2. The summed E-state index contributed by atoms with van der Waals surface area (Å²) < 4.78 is 68.7. The number of rotatable bonds is 81. The Morgan fingerprint density at radius 2 is 0.404 bits per heavy atom. The van der Waals surface area contributed by atoms with E-state index in [9.17, 15) is 43.2 Å². The van der Waals surface area contributed by atoms with E-state index < -0.39 is 97.5 Å². The third-order valence-corrected chi connectivity index (χ3v) is 20.8. The molecule has 99 heavy (non-hydrogen) atoms. The zero-order valence-corrected chi connectivity index (χ0v) is 66.3. The highest BCUT2D eigenvalue weighted by Crippen LogP contribution is 2.45. The molecule has 0 aromatic rings. The third-order valence-electron chi connectivity index (χ3n) is 18.9. The van der Waals surface area contributed by atoms with E-state index in [0.29, 0.717) is 25.7 Å². The van der Waals surface area contributed by atoms with Gasteiger partial charge in [-0.2, -0.15) is 0 Å². The van der Waals surface area contributed by atoms with Crippen LogP contribution in [-0.4, -0.2) is 96.7 Å². The normalized spacial score (nSPS) is 13.8. The van der Waals surface area contributed by atoms with Gasteiger partial charge in [-0.05, 0) is 25.7 Å². The minimum Gasteiger partial charge on any atom is -0.462 e. The van der Waals surface area contributed by atoms with Gasteiger partial charge in [0.05, 0.1) is 26.4 Å². The minimum atomic E-state index is -4.96. The molecule has 0 aliphatic carbocycles. The molecule has 0 saturated heterocycles. The monoisotopic (exact) mass is 1450 g/mol. The highest BCUT2D eigenvalue weighted by molar-refractivity contribution is 7.47. The van der Waals surface area contributed by atoms with Crippen molar-refractivity contribution in [1.29, 1.82) is 0 Å². The minimum absolute atomic E-state index is 0.109. The van der Waals surface area contributed by atoms with E-state index in [2.05, 4.69) is 27.7 Å². The van der Waals surface area contributed by atoms with Crippen LogP contribution in [0.25, 0.3) is 0 Å². The molecule has 0 heterocycles. The van der Waals surface area contributed by atoms with E-state index in [1.54, 1.807) is 0 Å². The first kappa shape index (κ1) is 97.1. The van der Waals surface area contributed by atoms with Gasteiger partial charge < -0.3 is 33.8 Å². The molecule has 0 bridgehead atoms. The Morgan fingerprint density at radius 1 is 0.242 bits per heavy atom. The van der Waals surface area contributed by atoms with Crippen LogP contribution in [0.2, 0.25) is 0 Å². The van der Waals surface area contributed by atoms with Crippen molar-refractivity contribution < 1.29 is 80.2 Å². The van der Waals surface area contributed by atoms with E-state index in [1.165, 1.54) is 263 Å². The topological polar surface area (TPSA) is 237 Å². The number of carbonyl (C=O) groups is 4. The van der Waals surface area contributed by atoms with Crippen LogP contribution < -0.4 is 0 Å². The number of aliphatic hydroxyl groups excluding tert-OH is 1. The average Bonchev–Trinajstić information content (AvgIpc) is 0.995. The lowest BCUT2D eigenvalue weighted by atomic mass is 10.0. The maximum atomic E-state index is 13.1. The van der Waals surface area contributed by atoms with Crippen LogP contribution in [0.3, 0.4) is 0 Å². The van der Waals surface area contributed by atoms with Gasteiger partial charge in [-0.15, -0.1) is 0 Å². The van der Waals surface area contributed by atoms with Crippen LogP contribution in [0.1, 0.15) is 432 Å². The van der Waals surface area contributed by atoms with Crippen LogP contribution in [0.4, 0.5) is 0 Å². The molecule has 0 aromatic carbocycles. The van der Waals surface area contributed by atoms with E-state index in [0.717, 1.165) is 89.9 Å². The first-order chi connectivity index (χ1) is 48.2. The van der Waals surface area contributed by atoms with Gasteiger partial charge in [0.1, 0.15) is 19.3 Å². The Kier molecular flexibility index (Phi) is 72.9. The number of ether oxygens (including phenoxy) is 4. The number of esters is 4. The molecule has 0 radical (unpaired) electrons. The fourth-order valence-corrected chi connectivity index (χ4v) is 14.0. The molecular weight excluding hydrogens is 1290 g/mol. The van der Waals surface area contributed by atoms with Crippen LogP contribution in [0, 0.1) is 0 Å². The quantitative estimate of drug-likeness (QED) is 0.0222. The van der Waals surface area contributed by atoms with E-state index >= 15 is 0 Å². The second kappa shape index (κ2) is 74.3. The molecular formula is C80H156O17P2. The van der Waals surface area contributed by atoms with Crippen molar-refractivity contribution in [1.82, 2.24) is 0 Å². The summed E-state index contributed by atoms with van der Waals surface area (Å²) in [7, 11) is -9.92. The Labute approximate surface area is 607 Å². The third kappa shape index (κ3) is 74.1. The SMILES string of the molecule is CCCCCCCCCCCCCCCCCCCCC(=O)O[C@H](COC(=O)CCCCCCCCCCCCCCCCCC)COP(=O)(O)OC[C@@H](O)COP(=O)(O)OC[C@@H](COC(=O)CCCCCCCCCCCCC)OC(=O)CCCCCCCCCCCCCCCC. The zero-order chi connectivity index (χ0) is 72.5. The molecule has 0 spiro atoms. The summed E-state index contributed by atoms with van der Waals surface area (Å²) in [5.74, 6) is -2.10. The van der Waals surface area contributed by atoms with Crippen molar-refractivity contribution in [2.75, 3.05) is 39.6 Å². The first-order valence-electron chi connectivity index (χ1n) is 41.8. The molecule has 17 nitrogen and oxygen atoms in total. The fraction of sp³-hybridized carbons (Fsp3) is 0.950. The largest absolute Gasteiger partial charge is 0.472 e. The maximum absolute atomic E-state index is 13.1. The molecule has 0 rings (SSSR count). The lowest BCUT2D eigenvalue weighted by Crippen LogP contribution is -2.30. The van der Waals surface area contributed by atoms with Gasteiger partial charge in [-0.1, -0.05) is 381 Å². The second-order valence-electron chi connectivity index (χ2n) is 28.8. The van der Waals surface area contributed by atoms with Crippen molar-refractivity contribution in [3.8, 4) is 0 Å². The van der Waals surface area contributed by atoms with Gasteiger partial charge in [-0.25, -0.2) is 9.13 Å². The van der Waals surface area contributed by atoms with Crippen LogP contribution in [0.15, 0.2) is 0 Å². The Hall–Kier alpha value is -1.94. The second-order valence-corrected chi connectivity index (χ2v) is 31.7.